The molecular weight excluding hydrogens is 394 g/mol. The maximum absolute atomic E-state index is 12.0. The number of hydrogen-bond donors (Lipinski definition) is 2. The first-order valence-electron chi connectivity index (χ1n) is 10.6. The van der Waals surface area contributed by atoms with Gasteiger partial charge in [0, 0.05) is 62.8 Å². The number of carbonyl (C=O) groups excluding carboxylic acids is 1. The van der Waals surface area contributed by atoms with Crippen LogP contribution in [-0.2, 0) is 11.3 Å². The molecule has 2 fully saturated rings. The molecule has 0 spiro atoms. The number of hydrogen-bond acceptors (Lipinski definition) is 4. The van der Waals surface area contributed by atoms with Crippen molar-refractivity contribution in [2.24, 2.45) is 0 Å². The normalized spacial score (nSPS) is 17.3. The molecule has 2 saturated heterocycles. The Labute approximate surface area is 183 Å². The van der Waals surface area contributed by atoms with Gasteiger partial charge in [-0.05, 0) is 61.6 Å². The van der Waals surface area contributed by atoms with Crippen LogP contribution in [0.2, 0.25) is 0 Å². The molecule has 0 atom stereocenters. The molecule has 2 aliphatic heterocycles. The number of likely N-dealkylation sites (N-methyl/N-ethyl adjacent to an activating group) is 1. The molecule has 0 aromatic heterocycles. The lowest BCUT2D eigenvalue weighted by Crippen LogP contribution is -2.44. The van der Waals surface area contributed by atoms with Gasteiger partial charge in [-0.25, -0.2) is 0 Å². The number of piperazine rings is 1. The molecule has 30 heavy (non-hydrogen) atoms. The molecular formula is C23H29N5OS. The molecule has 0 saturated carbocycles. The number of nitrogens with one attached hydrogen (secondary N) is 2. The first kappa shape index (κ1) is 20.6. The highest BCUT2D eigenvalue weighted by Crippen LogP contribution is 2.24. The Morgan fingerprint density at radius 1 is 1.00 bits per heavy atom. The van der Waals surface area contributed by atoms with Crippen LogP contribution in [0.4, 0.5) is 17.1 Å². The first-order chi connectivity index (χ1) is 14.6. The Hall–Kier alpha value is -2.64. The van der Waals surface area contributed by atoms with E-state index < -0.39 is 0 Å². The van der Waals surface area contributed by atoms with E-state index in [0.717, 1.165) is 50.5 Å². The Bertz CT molecular complexity index is 893. The highest BCUT2D eigenvalue weighted by Gasteiger charge is 2.21. The van der Waals surface area contributed by atoms with Crippen LogP contribution in [0.3, 0.4) is 0 Å². The number of benzene rings is 2. The maximum atomic E-state index is 12.0. The molecule has 2 N–H and O–H groups in total. The van der Waals surface area contributed by atoms with Gasteiger partial charge in [-0.2, -0.15) is 0 Å². The Morgan fingerprint density at radius 3 is 2.47 bits per heavy atom. The van der Waals surface area contributed by atoms with E-state index in [2.05, 4.69) is 51.7 Å². The lowest BCUT2D eigenvalue weighted by atomic mass is 10.2. The fourth-order valence-corrected chi connectivity index (χ4v) is 4.11. The van der Waals surface area contributed by atoms with Gasteiger partial charge in [0.1, 0.15) is 0 Å². The van der Waals surface area contributed by atoms with Gasteiger partial charge in [0.15, 0.2) is 5.11 Å². The summed E-state index contributed by atoms with van der Waals surface area (Å²) < 4.78 is 0. The minimum Gasteiger partial charge on any atom is -0.369 e. The third-order valence-corrected chi connectivity index (χ3v) is 5.99. The van der Waals surface area contributed by atoms with E-state index in [9.17, 15) is 4.79 Å². The highest BCUT2D eigenvalue weighted by molar-refractivity contribution is 7.80. The van der Waals surface area contributed by atoms with Crippen LogP contribution < -0.4 is 20.4 Å². The molecule has 0 unspecified atom stereocenters. The summed E-state index contributed by atoms with van der Waals surface area (Å²) in [5.41, 5.74) is 4.27. The molecule has 158 valence electrons. The fourth-order valence-electron chi connectivity index (χ4n) is 3.92. The summed E-state index contributed by atoms with van der Waals surface area (Å²) >= 11 is 5.46. The van der Waals surface area contributed by atoms with Crippen molar-refractivity contribution in [3.8, 4) is 0 Å². The van der Waals surface area contributed by atoms with Crippen molar-refractivity contribution in [2.75, 3.05) is 54.9 Å². The molecule has 7 heteroatoms. The molecule has 2 heterocycles. The lowest BCUT2D eigenvalue weighted by Gasteiger charge is -2.34. The molecule has 2 aromatic carbocycles. The summed E-state index contributed by atoms with van der Waals surface area (Å²) in [6.45, 7) is 5.81. The third kappa shape index (κ3) is 5.09. The average Bonchev–Trinajstić information content (AvgIpc) is 3.19. The first-order valence-corrected chi connectivity index (χ1v) is 11.0. The second-order valence-corrected chi connectivity index (χ2v) is 8.37. The van der Waals surface area contributed by atoms with Gasteiger partial charge in [-0.15, -0.1) is 0 Å². The minimum absolute atomic E-state index is 0.188. The fraction of sp³-hybridized carbons (Fsp3) is 0.391. The summed E-state index contributed by atoms with van der Waals surface area (Å²) in [6.07, 6.45) is 1.55. The van der Waals surface area contributed by atoms with Crippen LogP contribution in [0.5, 0.6) is 0 Å². The summed E-state index contributed by atoms with van der Waals surface area (Å²) in [7, 11) is 2.17. The van der Waals surface area contributed by atoms with Gasteiger partial charge in [0.2, 0.25) is 5.91 Å². The largest absolute Gasteiger partial charge is 0.369 e. The van der Waals surface area contributed by atoms with Gasteiger partial charge in [-0.3, -0.25) is 4.79 Å². The number of nitrogens with zero attached hydrogens (tertiary/aromatic N) is 3. The van der Waals surface area contributed by atoms with E-state index in [1.807, 2.05) is 29.2 Å². The van der Waals surface area contributed by atoms with Crippen molar-refractivity contribution in [1.82, 2.24) is 10.2 Å². The number of amides is 1. The minimum atomic E-state index is 0.188. The quantitative estimate of drug-likeness (QED) is 0.721. The zero-order valence-electron chi connectivity index (χ0n) is 17.4. The molecule has 6 nitrogen and oxygen atoms in total. The predicted octanol–water partition coefficient (Wildman–Crippen LogP) is 3.05. The van der Waals surface area contributed by atoms with E-state index in [-0.39, 0.29) is 5.91 Å². The third-order valence-electron chi connectivity index (χ3n) is 5.75. The van der Waals surface area contributed by atoms with E-state index in [4.69, 9.17) is 12.2 Å². The molecule has 1 amide bonds. The Balaban J connectivity index is 1.28. The summed E-state index contributed by atoms with van der Waals surface area (Å²) in [6, 6.07) is 16.5. The maximum Gasteiger partial charge on any atom is 0.227 e. The van der Waals surface area contributed by atoms with Crippen LogP contribution in [0.15, 0.2) is 48.5 Å². The van der Waals surface area contributed by atoms with Crippen molar-refractivity contribution in [3.63, 3.8) is 0 Å². The standard InChI is InChI=1S/C23H29N5OS/c1-26-12-14-27(15-13-26)20-9-7-18(8-10-20)17-24-23(30)25-19-4-2-5-21(16-19)28-11-3-6-22(28)29/h2,4-5,7-10,16H,3,6,11-15,17H2,1H3,(H2,24,25,30). The van der Waals surface area contributed by atoms with Gasteiger partial charge in [0.25, 0.3) is 0 Å². The summed E-state index contributed by atoms with van der Waals surface area (Å²) in [5, 5.41) is 7.07. The zero-order valence-corrected chi connectivity index (χ0v) is 18.3. The van der Waals surface area contributed by atoms with Crippen LogP contribution in [0, 0.1) is 0 Å². The van der Waals surface area contributed by atoms with E-state index in [1.54, 1.807) is 0 Å². The van der Waals surface area contributed by atoms with E-state index in [0.29, 0.717) is 18.1 Å². The van der Waals surface area contributed by atoms with E-state index >= 15 is 0 Å². The molecule has 4 rings (SSSR count). The monoisotopic (exact) mass is 423 g/mol. The summed E-state index contributed by atoms with van der Waals surface area (Å²) in [4.78, 5) is 18.6. The Kier molecular flexibility index (Phi) is 6.50. The van der Waals surface area contributed by atoms with Crippen LogP contribution in [0.1, 0.15) is 18.4 Å². The molecule has 0 radical (unpaired) electrons. The van der Waals surface area contributed by atoms with Crippen molar-refractivity contribution < 1.29 is 4.79 Å². The Morgan fingerprint density at radius 2 is 1.77 bits per heavy atom. The average molecular weight is 424 g/mol. The zero-order chi connectivity index (χ0) is 20.9. The number of anilines is 3. The highest BCUT2D eigenvalue weighted by atomic mass is 32.1. The van der Waals surface area contributed by atoms with Crippen LogP contribution in [0.25, 0.3) is 0 Å². The smallest absolute Gasteiger partial charge is 0.227 e. The van der Waals surface area contributed by atoms with Gasteiger partial charge in [-0.1, -0.05) is 18.2 Å². The van der Waals surface area contributed by atoms with Crippen molar-refractivity contribution in [1.29, 1.82) is 0 Å². The SMILES string of the molecule is CN1CCN(c2ccc(CNC(=S)Nc3cccc(N4CCCC4=O)c3)cc2)CC1. The number of carbonyl (C=O) groups is 1. The second-order valence-electron chi connectivity index (χ2n) is 7.96. The molecule has 0 bridgehead atoms. The van der Waals surface area contributed by atoms with Crippen molar-refractivity contribution in [3.05, 3.63) is 54.1 Å². The van der Waals surface area contributed by atoms with Gasteiger partial charge >= 0.3 is 0 Å². The van der Waals surface area contributed by atoms with Gasteiger partial charge < -0.3 is 25.3 Å². The molecule has 2 aromatic rings. The van der Waals surface area contributed by atoms with Crippen LogP contribution >= 0.6 is 12.2 Å². The number of thiocarbonyl (C=S) groups is 1. The topological polar surface area (TPSA) is 50.9 Å². The number of rotatable bonds is 5. The van der Waals surface area contributed by atoms with Crippen LogP contribution in [-0.4, -0.2) is 55.7 Å². The van der Waals surface area contributed by atoms with Crippen molar-refractivity contribution in [2.45, 2.75) is 19.4 Å². The molecule has 0 aliphatic carbocycles. The second kappa shape index (κ2) is 9.45. The molecule has 2 aliphatic rings. The van der Waals surface area contributed by atoms with Gasteiger partial charge in [0.05, 0.1) is 0 Å². The van der Waals surface area contributed by atoms with Crippen molar-refractivity contribution >= 4 is 40.3 Å². The van der Waals surface area contributed by atoms with E-state index in [1.165, 1.54) is 11.3 Å². The lowest BCUT2D eigenvalue weighted by molar-refractivity contribution is -0.117. The predicted molar refractivity (Wildman–Crippen MR) is 127 cm³/mol. The summed E-state index contributed by atoms with van der Waals surface area (Å²) in [5.74, 6) is 0.188.